The highest BCUT2D eigenvalue weighted by molar-refractivity contribution is 6.35. The van der Waals surface area contributed by atoms with Gasteiger partial charge in [0.05, 0.1) is 0 Å². The van der Waals surface area contributed by atoms with Crippen LogP contribution < -0.4 is 5.32 Å². The van der Waals surface area contributed by atoms with Crippen LogP contribution in [0.2, 0.25) is 10.0 Å². The number of amides is 1. The Morgan fingerprint density at radius 1 is 1.09 bits per heavy atom. The Bertz CT molecular complexity index is 854. The molecule has 0 fully saturated rings. The van der Waals surface area contributed by atoms with Crippen LogP contribution in [0.1, 0.15) is 16.1 Å². The van der Waals surface area contributed by atoms with Gasteiger partial charge >= 0.3 is 0 Å². The van der Waals surface area contributed by atoms with E-state index in [-0.39, 0.29) is 5.69 Å². The van der Waals surface area contributed by atoms with Crippen molar-refractivity contribution in [2.24, 2.45) is 0 Å². The van der Waals surface area contributed by atoms with Gasteiger partial charge in [0.2, 0.25) is 0 Å². The molecule has 23 heavy (non-hydrogen) atoms. The maximum absolute atomic E-state index is 12.2. The first-order valence-corrected chi connectivity index (χ1v) is 7.58. The smallest absolute Gasteiger partial charge is 0.277 e. The summed E-state index contributed by atoms with van der Waals surface area (Å²) >= 11 is 11.8. The zero-order valence-electron chi connectivity index (χ0n) is 12.1. The van der Waals surface area contributed by atoms with Gasteiger partial charge in [0.1, 0.15) is 0 Å². The van der Waals surface area contributed by atoms with Crippen molar-refractivity contribution in [2.75, 3.05) is 5.32 Å². The average molecular weight is 347 g/mol. The second kappa shape index (κ2) is 6.44. The van der Waals surface area contributed by atoms with E-state index in [0.717, 1.165) is 11.1 Å². The third kappa shape index (κ3) is 3.73. The second-order valence-corrected chi connectivity index (χ2v) is 5.93. The van der Waals surface area contributed by atoms with Gasteiger partial charge in [0.25, 0.3) is 5.91 Å². The topological polar surface area (TPSA) is 55.1 Å². The summed E-state index contributed by atoms with van der Waals surface area (Å²) in [6.07, 6.45) is 0. The third-order valence-corrected chi connectivity index (χ3v) is 3.60. The lowest BCUT2D eigenvalue weighted by molar-refractivity contribution is 0.101. The Hall–Kier alpha value is -2.30. The van der Waals surface area contributed by atoms with Crippen molar-refractivity contribution < 1.29 is 9.32 Å². The lowest BCUT2D eigenvalue weighted by Crippen LogP contribution is -2.12. The molecule has 0 atom stereocenters. The van der Waals surface area contributed by atoms with Crippen LogP contribution >= 0.6 is 23.2 Å². The summed E-state index contributed by atoms with van der Waals surface area (Å²) in [5.74, 6) is 0.133. The molecule has 0 saturated heterocycles. The molecule has 0 radical (unpaired) electrons. The van der Waals surface area contributed by atoms with Crippen LogP contribution in [-0.4, -0.2) is 11.1 Å². The summed E-state index contributed by atoms with van der Waals surface area (Å²) in [5, 5.41) is 7.37. The minimum absolute atomic E-state index is 0.178. The Balaban J connectivity index is 1.81. The monoisotopic (exact) mass is 346 g/mol. The fourth-order valence-electron chi connectivity index (χ4n) is 2.14. The largest absolute Gasteiger partial charge is 0.355 e. The predicted molar refractivity (Wildman–Crippen MR) is 91.1 cm³/mol. The molecule has 0 aliphatic heterocycles. The highest BCUT2D eigenvalue weighted by Gasteiger charge is 2.14. The molecule has 1 heterocycles. The van der Waals surface area contributed by atoms with E-state index in [1.807, 2.05) is 31.2 Å². The van der Waals surface area contributed by atoms with E-state index in [2.05, 4.69) is 10.5 Å². The van der Waals surface area contributed by atoms with E-state index in [0.29, 0.717) is 21.5 Å². The summed E-state index contributed by atoms with van der Waals surface area (Å²) < 4.78 is 5.25. The quantitative estimate of drug-likeness (QED) is 0.708. The predicted octanol–water partition coefficient (Wildman–Crippen LogP) is 5.21. The molecule has 0 saturated carbocycles. The molecule has 0 spiro atoms. The Labute approximate surface area is 143 Å². The number of benzene rings is 2. The normalized spacial score (nSPS) is 10.6. The van der Waals surface area contributed by atoms with Crippen molar-refractivity contribution in [3.8, 4) is 11.3 Å². The number of nitrogens with one attached hydrogen (secondary N) is 1. The number of carbonyl (C=O) groups is 1. The maximum Gasteiger partial charge on any atom is 0.277 e. The summed E-state index contributed by atoms with van der Waals surface area (Å²) in [7, 11) is 0. The minimum atomic E-state index is -0.397. The number of carbonyl (C=O) groups excluding carboxylic acids is 1. The number of rotatable bonds is 3. The van der Waals surface area contributed by atoms with Crippen molar-refractivity contribution >= 4 is 34.8 Å². The van der Waals surface area contributed by atoms with E-state index >= 15 is 0 Å². The summed E-state index contributed by atoms with van der Waals surface area (Å²) in [6, 6.07) is 14.1. The summed E-state index contributed by atoms with van der Waals surface area (Å²) in [5.41, 5.74) is 2.63. The van der Waals surface area contributed by atoms with Gasteiger partial charge < -0.3 is 9.84 Å². The zero-order valence-corrected chi connectivity index (χ0v) is 13.7. The molecule has 3 aromatic rings. The maximum atomic E-state index is 12.2. The van der Waals surface area contributed by atoms with E-state index < -0.39 is 5.91 Å². The van der Waals surface area contributed by atoms with Gasteiger partial charge in [0.15, 0.2) is 11.5 Å². The average Bonchev–Trinajstić information content (AvgIpc) is 2.96. The molecule has 2 aromatic carbocycles. The highest BCUT2D eigenvalue weighted by Crippen LogP contribution is 2.24. The van der Waals surface area contributed by atoms with Gasteiger partial charge in [0, 0.05) is 27.4 Å². The van der Waals surface area contributed by atoms with Crippen LogP contribution in [0.4, 0.5) is 5.69 Å². The molecule has 0 bridgehead atoms. The molecule has 1 aromatic heterocycles. The van der Waals surface area contributed by atoms with Gasteiger partial charge in [-0.2, -0.15) is 0 Å². The van der Waals surface area contributed by atoms with Crippen LogP contribution in [0.5, 0.6) is 0 Å². The number of halogens is 2. The number of aromatic nitrogens is 1. The van der Waals surface area contributed by atoms with Crippen molar-refractivity contribution in [2.45, 2.75) is 6.92 Å². The molecule has 0 unspecified atom stereocenters. The van der Waals surface area contributed by atoms with Gasteiger partial charge in [-0.1, -0.05) is 52.1 Å². The van der Waals surface area contributed by atoms with Crippen LogP contribution in [0.15, 0.2) is 53.1 Å². The fraction of sp³-hybridized carbons (Fsp3) is 0.0588. The number of anilines is 1. The lowest BCUT2D eigenvalue weighted by atomic mass is 10.1. The van der Waals surface area contributed by atoms with Gasteiger partial charge in [-0.05, 0) is 31.2 Å². The molecule has 3 rings (SSSR count). The minimum Gasteiger partial charge on any atom is -0.355 e. The Kier molecular flexibility index (Phi) is 4.37. The number of hydrogen-bond donors (Lipinski definition) is 1. The summed E-state index contributed by atoms with van der Waals surface area (Å²) in [6.45, 7) is 1.98. The summed E-state index contributed by atoms with van der Waals surface area (Å²) in [4.78, 5) is 12.2. The van der Waals surface area contributed by atoms with Crippen LogP contribution in [-0.2, 0) is 0 Å². The van der Waals surface area contributed by atoms with Gasteiger partial charge in [-0.3, -0.25) is 4.79 Å². The molecule has 4 nitrogen and oxygen atoms in total. The standard InChI is InChI=1S/C17H12Cl2N2O2/c1-10-3-2-4-11(5-10)16-9-15(21-23-16)17(22)20-14-7-12(18)6-13(19)8-14/h2-9H,1H3,(H,20,22). The van der Waals surface area contributed by atoms with Crippen molar-refractivity contribution in [3.05, 3.63) is 69.8 Å². The fourth-order valence-corrected chi connectivity index (χ4v) is 2.66. The number of nitrogens with zero attached hydrogens (tertiary/aromatic N) is 1. The molecule has 0 aliphatic carbocycles. The third-order valence-electron chi connectivity index (χ3n) is 3.17. The number of hydrogen-bond acceptors (Lipinski definition) is 3. The van der Waals surface area contributed by atoms with Crippen molar-refractivity contribution in [3.63, 3.8) is 0 Å². The highest BCUT2D eigenvalue weighted by atomic mass is 35.5. The van der Waals surface area contributed by atoms with Gasteiger partial charge in [-0.15, -0.1) is 0 Å². The Morgan fingerprint density at radius 3 is 2.52 bits per heavy atom. The zero-order chi connectivity index (χ0) is 16.4. The molecular weight excluding hydrogens is 335 g/mol. The first-order chi connectivity index (χ1) is 11.0. The van der Waals surface area contributed by atoms with Crippen LogP contribution in [0.25, 0.3) is 11.3 Å². The first kappa shape index (κ1) is 15.6. The van der Waals surface area contributed by atoms with Gasteiger partial charge in [-0.25, -0.2) is 0 Å². The molecule has 116 valence electrons. The van der Waals surface area contributed by atoms with Crippen LogP contribution in [0.3, 0.4) is 0 Å². The molecule has 1 N–H and O–H groups in total. The van der Waals surface area contributed by atoms with E-state index in [1.54, 1.807) is 24.3 Å². The lowest BCUT2D eigenvalue weighted by Gasteiger charge is -2.03. The van der Waals surface area contributed by atoms with Crippen molar-refractivity contribution in [1.29, 1.82) is 0 Å². The first-order valence-electron chi connectivity index (χ1n) is 6.82. The van der Waals surface area contributed by atoms with Crippen molar-refractivity contribution in [1.82, 2.24) is 5.16 Å². The number of aryl methyl sites for hydroxylation is 1. The SMILES string of the molecule is Cc1cccc(-c2cc(C(=O)Nc3cc(Cl)cc(Cl)c3)no2)c1. The van der Waals surface area contributed by atoms with Crippen LogP contribution in [0, 0.1) is 6.92 Å². The van der Waals surface area contributed by atoms with E-state index in [1.165, 1.54) is 0 Å². The Morgan fingerprint density at radius 2 is 1.83 bits per heavy atom. The molecule has 6 heteroatoms. The molecule has 0 aliphatic rings. The molecule has 1 amide bonds. The second-order valence-electron chi connectivity index (χ2n) is 5.06. The van der Waals surface area contributed by atoms with E-state index in [4.69, 9.17) is 27.7 Å². The molecular formula is C17H12Cl2N2O2. The van der Waals surface area contributed by atoms with E-state index in [9.17, 15) is 4.79 Å².